The molecule has 0 saturated heterocycles. The Balaban J connectivity index is 2.37. The summed E-state index contributed by atoms with van der Waals surface area (Å²) >= 11 is 5.70. The molecule has 4 N–H and O–H groups in total. The lowest BCUT2D eigenvalue weighted by Gasteiger charge is -2.10. The largest absolute Gasteiger partial charge is 0.391 e. The second-order valence-corrected chi connectivity index (χ2v) is 3.65. The van der Waals surface area contributed by atoms with Crippen LogP contribution in [0, 0.1) is 0 Å². The SMILES string of the molecule is COCC(O)CCNc1cc(Cl)nc(N)n1. The first-order valence-corrected chi connectivity index (χ1v) is 5.20. The predicted octanol–water partition coefficient (Wildman–Crippen LogP) is 0.521. The monoisotopic (exact) mass is 246 g/mol. The Labute approximate surface area is 98.8 Å². The molecule has 0 spiro atoms. The fraction of sp³-hybridized carbons (Fsp3) is 0.556. The Hall–Kier alpha value is -1.11. The number of nitrogens with zero attached hydrogens (tertiary/aromatic N) is 2. The van der Waals surface area contributed by atoms with Crippen LogP contribution in [0.15, 0.2) is 6.07 Å². The van der Waals surface area contributed by atoms with Gasteiger partial charge in [0.05, 0.1) is 12.7 Å². The van der Waals surface area contributed by atoms with Gasteiger partial charge in [0, 0.05) is 19.7 Å². The molecule has 0 aromatic carbocycles. The highest BCUT2D eigenvalue weighted by Gasteiger charge is 2.04. The van der Waals surface area contributed by atoms with Gasteiger partial charge in [-0.15, -0.1) is 0 Å². The second-order valence-electron chi connectivity index (χ2n) is 3.26. The van der Waals surface area contributed by atoms with Gasteiger partial charge in [0.15, 0.2) is 0 Å². The van der Waals surface area contributed by atoms with Crippen molar-refractivity contribution in [2.45, 2.75) is 12.5 Å². The minimum absolute atomic E-state index is 0.118. The molecule has 1 unspecified atom stereocenters. The summed E-state index contributed by atoms with van der Waals surface area (Å²) in [5, 5.41) is 12.7. The number of nitrogens with one attached hydrogen (secondary N) is 1. The van der Waals surface area contributed by atoms with Gasteiger partial charge in [-0.05, 0) is 6.42 Å². The molecule has 16 heavy (non-hydrogen) atoms. The summed E-state index contributed by atoms with van der Waals surface area (Å²) in [7, 11) is 1.54. The standard InChI is InChI=1S/C9H15ClN4O2/c1-16-5-6(15)2-3-12-8-4-7(10)13-9(11)14-8/h4,6,15H,2-3,5H2,1H3,(H3,11,12,13,14). The maximum Gasteiger partial charge on any atom is 0.223 e. The Kier molecular flexibility index (Phi) is 5.24. The maximum atomic E-state index is 9.39. The lowest BCUT2D eigenvalue weighted by atomic mass is 10.2. The van der Waals surface area contributed by atoms with Gasteiger partial charge < -0.3 is 20.9 Å². The first-order chi connectivity index (χ1) is 7.61. The number of ether oxygens (including phenoxy) is 1. The molecule has 90 valence electrons. The van der Waals surface area contributed by atoms with Gasteiger partial charge in [-0.1, -0.05) is 11.6 Å². The Bertz CT molecular complexity index is 317. The number of hydrogen-bond acceptors (Lipinski definition) is 6. The molecule has 0 amide bonds. The molecule has 0 fully saturated rings. The first-order valence-electron chi connectivity index (χ1n) is 4.82. The van der Waals surface area contributed by atoms with Crippen LogP contribution in [0.1, 0.15) is 6.42 Å². The van der Waals surface area contributed by atoms with Crippen molar-refractivity contribution in [3.63, 3.8) is 0 Å². The number of methoxy groups -OCH3 is 1. The molecule has 1 aromatic heterocycles. The summed E-state index contributed by atoms with van der Waals surface area (Å²) in [6.45, 7) is 0.867. The molecule has 0 bridgehead atoms. The number of aromatic nitrogens is 2. The Morgan fingerprint density at radius 3 is 3.00 bits per heavy atom. The van der Waals surface area contributed by atoms with Crippen molar-refractivity contribution in [2.75, 3.05) is 31.3 Å². The molecular formula is C9H15ClN4O2. The van der Waals surface area contributed by atoms with E-state index < -0.39 is 6.10 Å². The lowest BCUT2D eigenvalue weighted by molar-refractivity contribution is 0.0615. The predicted molar refractivity (Wildman–Crippen MR) is 62.4 cm³/mol. The van der Waals surface area contributed by atoms with Crippen molar-refractivity contribution in [2.24, 2.45) is 0 Å². The van der Waals surface area contributed by atoms with E-state index in [9.17, 15) is 5.11 Å². The highest BCUT2D eigenvalue weighted by Crippen LogP contribution is 2.12. The van der Waals surface area contributed by atoms with E-state index in [4.69, 9.17) is 22.1 Å². The quantitative estimate of drug-likeness (QED) is 0.634. The molecule has 0 aliphatic heterocycles. The Morgan fingerprint density at radius 1 is 1.62 bits per heavy atom. The first kappa shape index (κ1) is 13.0. The molecule has 1 aromatic rings. The molecule has 6 nitrogen and oxygen atoms in total. The zero-order valence-electron chi connectivity index (χ0n) is 8.98. The second kappa shape index (κ2) is 6.47. The van der Waals surface area contributed by atoms with Crippen LogP contribution >= 0.6 is 11.6 Å². The minimum atomic E-state index is -0.493. The zero-order valence-corrected chi connectivity index (χ0v) is 9.74. The van der Waals surface area contributed by atoms with Crippen LogP contribution in [0.4, 0.5) is 11.8 Å². The van der Waals surface area contributed by atoms with Crippen molar-refractivity contribution < 1.29 is 9.84 Å². The average Bonchev–Trinajstić information content (AvgIpc) is 2.16. The topological polar surface area (TPSA) is 93.3 Å². The van der Waals surface area contributed by atoms with E-state index in [2.05, 4.69) is 15.3 Å². The third kappa shape index (κ3) is 4.61. The number of aliphatic hydroxyl groups is 1. The van der Waals surface area contributed by atoms with E-state index in [0.717, 1.165) is 0 Å². The van der Waals surface area contributed by atoms with Crippen molar-refractivity contribution in [1.29, 1.82) is 0 Å². The van der Waals surface area contributed by atoms with E-state index in [1.54, 1.807) is 13.2 Å². The van der Waals surface area contributed by atoms with Crippen molar-refractivity contribution in [3.8, 4) is 0 Å². The fourth-order valence-corrected chi connectivity index (χ4v) is 1.36. The van der Waals surface area contributed by atoms with Gasteiger partial charge in [-0.2, -0.15) is 4.98 Å². The number of rotatable bonds is 6. The number of nitrogen functional groups attached to an aromatic ring is 1. The van der Waals surface area contributed by atoms with Crippen molar-refractivity contribution in [1.82, 2.24) is 9.97 Å². The fourth-order valence-electron chi connectivity index (χ4n) is 1.17. The summed E-state index contributed by atoms with van der Waals surface area (Å²) in [5.41, 5.74) is 5.42. The van der Waals surface area contributed by atoms with Gasteiger partial charge >= 0.3 is 0 Å². The van der Waals surface area contributed by atoms with Gasteiger partial charge in [-0.25, -0.2) is 4.98 Å². The molecule has 0 radical (unpaired) electrons. The van der Waals surface area contributed by atoms with Crippen molar-refractivity contribution >= 4 is 23.4 Å². The van der Waals surface area contributed by atoms with Crippen LogP contribution in [0.25, 0.3) is 0 Å². The van der Waals surface area contributed by atoms with E-state index in [1.165, 1.54) is 0 Å². The number of halogens is 1. The summed E-state index contributed by atoms with van der Waals surface area (Å²) in [4.78, 5) is 7.66. The molecule has 1 heterocycles. The van der Waals surface area contributed by atoms with E-state index in [1.807, 2.05) is 0 Å². The van der Waals surface area contributed by atoms with E-state index in [0.29, 0.717) is 25.4 Å². The summed E-state index contributed by atoms with van der Waals surface area (Å²) < 4.78 is 4.80. The number of aliphatic hydroxyl groups excluding tert-OH is 1. The minimum Gasteiger partial charge on any atom is -0.391 e. The molecule has 0 aliphatic rings. The molecule has 1 rings (SSSR count). The van der Waals surface area contributed by atoms with Gasteiger partial charge in [-0.3, -0.25) is 0 Å². The molecule has 0 saturated carbocycles. The van der Waals surface area contributed by atoms with E-state index in [-0.39, 0.29) is 11.1 Å². The van der Waals surface area contributed by atoms with Crippen LogP contribution < -0.4 is 11.1 Å². The maximum absolute atomic E-state index is 9.39. The highest BCUT2D eigenvalue weighted by molar-refractivity contribution is 6.29. The van der Waals surface area contributed by atoms with Gasteiger partial charge in [0.2, 0.25) is 5.95 Å². The third-order valence-corrected chi connectivity index (χ3v) is 2.05. The van der Waals surface area contributed by atoms with Gasteiger partial charge in [0.1, 0.15) is 11.0 Å². The smallest absolute Gasteiger partial charge is 0.223 e. The molecule has 1 atom stereocenters. The Morgan fingerprint density at radius 2 is 2.38 bits per heavy atom. The molecule has 0 aliphatic carbocycles. The summed E-state index contributed by atoms with van der Waals surface area (Å²) in [6.07, 6.45) is 0.0576. The summed E-state index contributed by atoms with van der Waals surface area (Å²) in [5.74, 6) is 0.662. The zero-order chi connectivity index (χ0) is 12.0. The van der Waals surface area contributed by atoms with Crippen LogP contribution in [0.2, 0.25) is 5.15 Å². The normalized spacial score (nSPS) is 12.4. The van der Waals surface area contributed by atoms with Gasteiger partial charge in [0.25, 0.3) is 0 Å². The van der Waals surface area contributed by atoms with E-state index >= 15 is 0 Å². The number of anilines is 2. The lowest BCUT2D eigenvalue weighted by Crippen LogP contribution is -2.18. The molecule has 7 heteroatoms. The van der Waals surface area contributed by atoms with Crippen LogP contribution in [0.3, 0.4) is 0 Å². The highest BCUT2D eigenvalue weighted by atomic mass is 35.5. The number of hydrogen-bond donors (Lipinski definition) is 3. The van der Waals surface area contributed by atoms with Crippen LogP contribution in [-0.2, 0) is 4.74 Å². The number of nitrogens with two attached hydrogens (primary N) is 1. The van der Waals surface area contributed by atoms with Crippen molar-refractivity contribution in [3.05, 3.63) is 11.2 Å². The summed E-state index contributed by atoms with van der Waals surface area (Å²) in [6, 6.07) is 1.57. The average molecular weight is 247 g/mol. The molecular weight excluding hydrogens is 232 g/mol. The van der Waals surface area contributed by atoms with Crippen LogP contribution in [0.5, 0.6) is 0 Å². The van der Waals surface area contributed by atoms with Crippen LogP contribution in [-0.4, -0.2) is 41.4 Å². The third-order valence-electron chi connectivity index (χ3n) is 1.85.